The van der Waals surface area contributed by atoms with Gasteiger partial charge in [-0.2, -0.15) is 0 Å². The molecular formula is C16H17FN2O. The third kappa shape index (κ3) is 3.42. The smallest absolute Gasteiger partial charge is 0.255 e. The third-order valence-corrected chi connectivity index (χ3v) is 3.01. The van der Waals surface area contributed by atoms with E-state index < -0.39 is 0 Å². The number of benzene rings is 2. The predicted octanol–water partition coefficient (Wildman–Crippen LogP) is 3.11. The molecule has 2 N–H and O–H groups in total. The normalized spacial score (nSPS) is 10.3. The van der Waals surface area contributed by atoms with Crippen molar-refractivity contribution in [1.82, 2.24) is 5.32 Å². The molecule has 0 aliphatic rings. The summed E-state index contributed by atoms with van der Waals surface area (Å²) in [6.45, 7) is 2.42. The Morgan fingerprint density at radius 1 is 1.15 bits per heavy atom. The minimum Gasteiger partial charge on any atom is -0.322 e. The van der Waals surface area contributed by atoms with Crippen LogP contribution in [0, 0.1) is 12.7 Å². The standard InChI is InChI=1S/C16H17FN2O/c1-11-9-13(5-8-15(11)17)16(20)19-14-6-3-12(4-7-14)10-18-2/h3-9,18H,10H2,1-2H3,(H,19,20). The van der Waals surface area contributed by atoms with Crippen molar-refractivity contribution in [3.63, 3.8) is 0 Å². The second-order valence-electron chi connectivity index (χ2n) is 4.65. The Bertz CT molecular complexity index is 608. The monoisotopic (exact) mass is 272 g/mol. The Balaban J connectivity index is 2.08. The maximum absolute atomic E-state index is 13.2. The number of carbonyl (C=O) groups is 1. The zero-order valence-corrected chi connectivity index (χ0v) is 11.5. The van der Waals surface area contributed by atoms with Crippen LogP contribution >= 0.6 is 0 Å². The lowest BCUT2D eigenvalue weighted by molar-refractivity contribution is 0.102. The summed E-state index contributed by atoms with van der Waals surface area (Å²) in [4.78, 5) is 12.0. The SMILES string of the molecule is CNCc1ccc(NC(=O)c2ccc(F)c(C)c2)cc1. The summed E-state index contributed by atoms with van der Waals surface area (Å²) in [5, 5.41) is 5.85. The van der Waals surface area contributed by atoms with Crippen LogP contribution in [0.5, 0.6) is 0 Å². The molecule has 4 heteroatoms. The van der Waals surface area contributed by atoms with Gasteiger partial charge in [0.2, 0.25) is 0 Å². The molecule has 0 saturated heterocycles. The molecule has 0 aromatic heterocycles. The molecule has 0 heterocycles. The Hall–Kier alpha value is -2.20. The lowest BCUT2D eigenvalue weighted by atomic mass is 10.1. The van der Waals surface area contributed by atoms with E-state index in [1.807, 2.05) is 31.3 Å². The Morgan fingerprint density at radius 2 is 1.85 bits per heavy atom. The summed E-state index contributed by atoms with van der Waals surface area (Å²) in [6.07, 6.45) is 0. The summed E-state index contributed by atoms with van der Waals surface area (Å²) < 4.78 is 13.2. The van der Waals surface area contributed by atoms with Crippen molar-refractivity contribution in [3.05, 3.63) is 65.0 Å². The number of amides is 1. The van der Waals surface area contributed by atoms with Crippen molar-refractivity contribution < 1.29 is 9.18 Å². The van der Waals surface area contributed by atoms with Crippen LogP contribution in [0.15, 0.2) is 42.5 Å². The van der Waals surface area contributed by atoms with Crippen molar-refractivity contribution in [1.29, 1.82) is 0 Å². The number of hydrogen-bond donors (Lipinski definition) is 2. The molecule has 0 radical (unpaired) electrons. The van der Waals surface area contributed by atoms with Crippen LogP contribution in [0.25, 0.3) is 0 Å². The quantitative estimate of drug-likeness (QED) is 0.898. The molecule has 1 amide bonds. The van der Waals surface area contributed by atoms with E-state index in [1.165, 1.54) is 12.1 Å². The van der Waals surface area contributed by atoms with Gasteiger partial charge in [-0.05, 0) is 55.4 Å². The highest BCUT2D eigenvalue weighted by Crippen LogP contribution is 2.13. The van der Waals surface area contributed by atoms with Crippen LogP contribution < -0.4 is 10.6 Å². The minimum atomic E-state index is -0.307. The van der Waals surface area contributed by atoms with Crippen LogP contribution in [0.3, 0.4) is 0 Å². The maximum Gasteiger partial charge on any atom is 0.255 e. The van der Waals surface area contributed by atoms with Gasteiger partial charge in [-0.1, -0.05) is 12.1 Å². The molecule has 0 aliphatic heterocycles. The Kier molecular flexibility index (Phi) is 4.48. The van der Waals surface area contributed by atoms with E-state index in [9.17, 15) is 9.18 Å². The van der Waals surface area contributed by atoms with E-state index in [4.69, 9.17) is 0 Å². The number of aryl methyl sites for hydroxylation is 1. The molecule has 104 valence electrons. The second-order valence-corrected chi connectivity index (χ2v) is 4.65. The van der Waals surface area contributed by atoms with Crippen molar-refractivity contribution >= 4 is 11.6 Å². The molecular weight excluding hydrogens is 255 g/mol. The van der Waals surface area contributed by atoms with Gasteiger partial charge >= 0.3 is 0 Å². The molecule has 0 spiro atoms. The highest BCUT2D eigenvalue weighted by atomic mass is 19.1. The number of anilines is 1. The summed E-state index contributed by atoms with van der Waals surface area (Å²) in [5.74, 6) is -0.549. The highest BCUT2D eigenvalue weighted by molar-refractivity contribution is 6.04. The van der Waals surface area contributed by atoms with Gasteiger partial charge in [-0.25, -0.2) is 4.39 Å². The van der Waals surface area contributed by atoms with E-state index in [-0.39, 0.29) is 11.7 Å². The Labute approximate surface area is 117 Å². The predicted molar refractivity (Wildman–Crippen MR) is 78.3 cm³/mol. The molecule has 2 aromatic carbocycles. The summed E-state index contributed by atoms with van der Waals surface area (Å²) in [5.41, 5.74) is 2.77. The fourth-order valence-corrected chi connectivity index (χ4v) is 1.90. The summed E-state index contributed by atoms with van der Waals surface area (Å²) >= 11 is 0. The molecule has 2 rings (SSSR count). The number of rotatable bonds is 4. The van der Waals surface area contributed by atoms with Gasteiger partial charge in [0.1, 0.15) is 5.82 Å². The first kappa shape index (κ1) is 14.2. The average molecular weight is 272 g/mol. The van der Waals surface area contributed by atoms with Crippen molar-refractivity contribution in [2.45, 2.75) is 13.5 Å². The summed E-state index contributed by atoms with van der Waals surface area (Å²) in [6, 6.07) is 11.9. The first-order valence-corrected chi connectivity index (χ1v) is 6.41. The van der Waals surface area contributed by atoms with E-state index in [1.54, 1.807) is 13.0 Å². The molecule has 0 unspecified atom stereocenters. The summed E-state index contributed by atoms with van der Waals surface area (Å²) in [7, 11) is 1.88. The largest absolute Gasteiger partial charge is 0.322 e. The molecule has 20 heavy (non-hydrogen) atoms. The Morgan fingerprint density at radius 3 is 2.45 bits per heavy atom. The second kappa shape index (κ2) is 6.30. The third-order valence-electron chi connectivity index (χ3n) is 3.01. The number of carbonyl (C=O) groups excluding carboxylic acids is 1. The molecule has 2 aromatic rings. The van der Waals surface area contributed by atoms with E-state index >= 15 is 0 Å². The van der Waals surface area contributed by atoms with Gasteiger partial charge < -0.3 is 10.6 Å². The van der Waals surface area contributed by atoms with Crippen LogP contribution in [0.1, 0.15) is 21.5 Å². The minimum absolute atomic E-state index is 0.241. The van der Waals surface area contributed by atoms with Gasteiger partial charge in [0.25, 0.3) is 5.91 Å². The zero-order chi connectivity index (χ0) is 14.5. The first-order chi connectivity index (χ1) is 9.60. The molecule has 0 saturated carbocycles. The van der Waals surface area contributed by atoms with E-state index in [0.717, 1.165) is 17.8 Å². The van der Waals surface area contributed by atoms with Gasteiger partial charge in [-0.3, -0.25) is 4.79 Å². The number of hydrogen-bond acceptors (Lipinski definition) is 2. The van der Waals surface area contributed by atoms with Crippen LogP contribution in [0.4, 0.5) is 10.1 Å². The first-order valence-electron chi connectivity index (χ1n) is 6.41. The lowest BCUT2D eigenvalue weighted by Gasteiger charge is -2.07. The lowest BCUT2D eigenvalue weighted by Crippen LogP contribution is -2.12. The fourth-order valence-electron chi connectivity index (χ4n) is 1.90. The average Bonchev–Trinajstić information content (AvgIpc) is 2.44. The zero-order valence-electron chi connectivity index (χ0n) is 11.5. The number of halogens is 1. The molecule has 0 bridgehead atoms. The van der Waals surface area contributed by atoms with Crippen LogP contribution in [-0.2, 0) is 6.54 Å². The van der Waals surface area contributed by atoms with Gasteiger partial charge in [0, 0.05) is 17.8 Å². The molecule has 3 nitrogen and oxygen atoms in total. The van der Waals surface area contributed by atoms with Crippen molar-refractivity contribution in [2.75, 3.05) is 12.4 Å². The molecule has 0 atom stereocenters. The fraction of sp³-hybridized carbons (Fsp3) is 0.188. The van der Waals surface area contributed by atoms with Gasteiger partial charge in [-0.15, -0.1) is 0 Å². The topological polar surface area (TPSA) is 41.1 Å². The van der Waals surface area contributed by atoms with Crippen molar-refractivity contribution in [3.8, 4) is 0 Å². The maximum atomic E-state index is 13.2. The number of nitrogens with one attached hydrogen (secondary N) is 2. The van der Waals surface area contributed by atoms with Crippen molar-refractivity contribution in [2.24, 2.45) is 0 Å². The van der Waals surface area contributed by atoms with Gasteiger partial charge in [0.15, 0.2) is 0 Å². The molecule has 0 fully saturated rings. The van der Waals surface area contributed by atoms with Crippen LogP contribution in [-0.4, -0.2) is 13.0 Å². The molecule has 0 aliphatic carbocycles. The highest BCUT2D eigenvalue weighted by Gasteiger charge is 2.08. The van der Waals surface area contributed by atoms with E-state index in [2.05, 4.69) is 10.6 Å². The van der Waals surface area contributed by atoms with Gasteiger partial charge in [0.05, 0.1) is 0 Å². The van der Waals surface area contributed by atoms with Crippen LogP contribution in [0.2, 0.25) is 0 Å². The van der Waals surface area contributed by atoms with E-state index in [0.29, 0.717) is 11.1 Å².